The van der Waals surface area contributed by atoms with Crippen LogP contribution < -0.4 is 10.1 Å². The molecule has 3 rings (SSSR count). The Labute approximate surface area is 144 Å². The Morgan fingerprint density at radius 2 is 1.88 bits per heavy atom. The van der Waals surface area contributed by atoms with Crippen LogP contribution in [0, 0.1) is 6.92 Å². The van der Waals surface area contributed by atoms with Gasteiger partial charge in [-0.15, -0.1) is 0 Å². The largest absolute Gasteiger partial charge is 0.493 e. The van der Waals surface area contributed by atoms with E-state index in [-0.39, 0.29) is 11.5 Å². The summed E-state index contributed by atoms with van der Waals surface area (Å²) in [5, 5.41) is 2.76. The Bertz CT molecular complexity index is 962. The van der Waals surface area contributed by atoms with Crippen molar-refractivity contribution in [1.29, 1.82) is 0 Å². The summed E-state index contributed by atoms with van der Waals surface area (Å²) in [5.74, 6) is -0.332. The molecular formula is C18H17N3O4. The van der Waals surface area contributed by atoms with Gasteiger partial charge in [0.15, 0.2) is 11.4 Å². The molecule has 0 aliphatic carbocycles. The van der Waals surface area contributed by atoms with Crippen LogP contribution >= 0.6 is 0 Å². The molecule has 3 aromatic rings. The van der Waals surface area contributed by atoms with E-state index in [0.717, 1.165) is 0 Å². The molecule has 0 saturated carbocycles. The zero-order chi connectivity index (χ0) is 18.0. The van der Waals surface area contributed by atoms with Crippen LogP contribution in [0.5, 0.6) is 5.75 Å². The molecule has 0 atom stereocenters. The Morgan fingerprint density at radius 1 is 1.12 bits per heavy atom. The highest BCUT2D eigenvalue weighted by Gasteiger charge is 2.20. The van der Waals surface area contributed by atoms with Gasteiger partial charge in [0.25, 0.3) is 5.91 Å². The van der Waals surface area contributed by atoms with E-state index in [2.05, 4.69) is 10.3 Å². The Morgan fingerprint density at radius 3 is 2.60 bits per heavy atom. The van der Waals surface area contributed by atoms with Crippen molar-refractivity contribution in [3.8, 4) is 5.75 Å². The first-order valence-corrected chi connectivity index (χ1v) is 7.57. The third kappa shape index (κ3) is 2.91. The second kappa shape index (κ2) is 6.64. The summed E-state index contributed by atoms with van der Waals surface area (Å²) < 4.78 is 11.7. The molecule has 7 heteroatoms. The van der Waals surface area contributed by atoms with Crippen LogP contribution in [0.1, 0.15) is 26.5 Å². The molecule has 0 spiro atoms. The van der Waals surface area contributed by atoms with Gasteiger partial charge in [-0.25, -0.2) is 9.78 Å². The second-order valence-corrected chi connectivity index (χ2v) is 5.31. The number of hydrogen-bond acceptors (Lipinski definition) is 5. The highest BCUT2D eigenvalue weighted by Crippen LogP contribution is 2.23. The molecule has 0 fully saturated rings. The number of pyridine rings is 1. The summed E-state index contributed by atoms with van der Waals surface area (Å²) in [6, 6.07) is 10.2. The van der Waals surface area contributed by atoms with E-state index in [1.54, 1.807) is 61.0 Å². The molecule has 128 valence electrons. The Kier molecular flexibility index (Phi) is 4.38. The molecule has 0 saturated heterocycles. The summed E-state index contributed by atoms with van der Waals surface area (Å²) in [6.45, 7) is 1.74. The first-order valence-electron chi connectivity index (χ1n) is 7.57. The van der Waals surface area contributed by atoms with E-state index in [1.807, 2.05) is 0 Å². The number of aryl methyl sites for hydroxylation is 1. The number of benzene rings is 1. The van der Waals surface area contributed by atoms with Crippen molar-refractivity contribution in [3.63, 3.8) is 0 Å². The number of methoxy groups -OCH3 is 2. The van der Waals surface area contributed by atoms with Gasteiger partial charge in [0.2, 0.25) is 0 Å². The molecule has 1 N–H and O–H groups in total. The number of fused-ring (bicyclic) bond motifs is 1. The molecule has 1 amide bonds. The highest BCUT2D eigenvalue weighted by molar-refractivity contribution is 6.08. The minimum atomic E-state index is -0.521. The van der Waals surface area contributed by atoms with Crippen molar-refractivity contribution in [3.05, 3.63) is 59.5 Å². The number of imidazole rings is 1. The summed E-state index contributed by atoms with van der Waals surface area (Å²) >= 11 is 0. The Hall–Kier alpha value is -3.35. The summed E-state index contributed by atoms with van der Waals surface area (Å²) in [4.78, 5) is 29.1. The fourth-order valence-corrected chi connectivity index (χ4v) is 2.65. The van der Waals surface area contributed by atoms with E-state index in [1.165, 1.54) is 7.11 Å². The van der Waals surface area contributed by atoms with Crippen LogP contribution in [0.3, 0.4) is 0 Å². The first-order chi connectivity index (χ1) is 12.1. The molecule has 7 nitrogen and oxygen atoms in total. The molecule has 0 radical (unpaired) electrons. The molecule has 0 bridgehead atoms. The van der Waals surface area contributed by atoms with E-state index < -0.39 is 5.97 Å². The van der Waals surface area contributed by atoms with Crippen LogP contribution in [-0.2, 0) is 4.74 Å². The number of carbonyl (C=O) groups excluding carboxylic acids is 2. The number of rotatable bonds is 4. The number of hydrogen-bond donors (Lipinski definition) is 1. The molecule has 25 heavy (non-hydrogen) atoms. The third-order valence-corrected chi connectivity index (χ3v) is 3.80. The lowest BCUT2D eigenvalue weighted by Gasteiger charge is -2.10. The van der Waals surface area contributed by atoms with Crippen LogP contribution in [0.2, 0.25) is 0 Å². The van der Waals surface area contributed by atoms with Gasteiger partial charge in [0.05, 0.1) is 31.2 Å². The molecule has 1 aromatic carbocycles. The van der Waals surface area contributed by atoms with Crippen LogP contribution in [0.15, 0.2) is 42.6 Å². The fourth-order valence-electron chi connectivity index (χ4n) is 2.65. The van der Waals surface area contributed by atoms with Gasteiger partial charge in [-0.1, -0.05) is 12.1 Å². The molecule has 0 unspecified atom stereocenters. The van der Waals surface area contributed by atoms with Crippen molar-refractivity contribution >= 4 is 23.2 Å². The maximum Gasteiger partial charge on any atom is 0.339 e. The van der Waals surface area contributed by atoms with E-state index in [9.17, 15) is 9.59 Å². The first kappa shape index (κ1) is 16.5. The summed E-state index contributed by atoms with van der Waals surface area (Å²) in [6.07, 6.45) is 1.74. The standard InChI is InChI=1S/C18H17N3O4/c1-11-15(21-10-6-9-14(24-2)16(21)19-11)17(22)20-13-8-5-4-7-12(13)18(23)25-3/h4-10H,1-3H3,(H,20,22). The number of anilines is 1. The lowest BCUT2D eigenvalue weighted by molar-refractivity contribution is 0.0602. The van der Waals surface area contributed by atoms with Gasteiger partial charge >= 0.3 is 5.97 Å². The van der Waals surface area contributed by atoms with Gasteiger partial charge < -0.3 is 14.8 Å². The van der Waals surface area contributed by atoms with Gasteiger partial charge in [0.1, 0.15) is 5.69 Å². The third-order valence-electron chi connectivity index (χ3n) is 3.80. The van der Waals surface area contributed by atoms with E-state index >= 15 is 0 Å². The van der Waals surface area contributed by atoms with Crippen molar-refractivity contribution in [2.45, 2.75) is 6.92 Å². The van der Waals surface area contributed by atoms with Crippen LogP contribution in [0.25, 0.3) is 5.65 Å². The monoisotopic (exact) mass is 339 g/mol. The second-order valence-electron chi connectivity index (χ2n) is 5.31. The maximum absolute atomic E-state index is 12.8. The van der Waals surface area contributed by atoms with Gasteiger partial charge in [-0.2, -0.15) is 0 Å². The number of amides is 1. The smallest absolute Gasteiger partial charge is 0.339 e. The van der Waals surface area contributed by atoms with E-state index in [4.69, 9.17) is 9.47 Å². The van der Waals surface area contributed by atoms with Crippen molar-refractivity contribution in [1.82, 2.24) is 9.38 Å². The molecule has 0 aliphatic heterocycles. The average molecular weight is 339 g/mol. The van der Waals surface area contributed by atoms with Crippen LogP contribution in [0.4, 0.5) is 5.69 Å². The number of ether oxygens (including phenoxy) is 2. The van der Waals surface area contributed by atoms with Crippen molar-refractivity contribution in [2.24, 2.45) is 0 Å². The van der Waals surface area contributed by atoms with Gasteiger partial charge in [0, 0.05) is 6.20 Å². The maximum atomic E-state index is 12.8. The van der Waals surface area contributed by atoms with Crippen molar-refractivity contribution < 1.29 is 19.1 Å². The normalized spacial score (nSPS) is 10.5. The minimum absolute atomic E-state index is 0.280. The SMILES string of the molecule is COC(=O)c1ccccc1NC(=O)c1c(C)nc2c(OC)cccn12. The number of esters is 1. The summed E-state index contributed by atoms with van der Waals surface area (Å²) in [5.41, 5.74) is 2.12. The van der Waals surface area contributed by atoms with Crippen LogP contribution in [-0.4, -0.2) is 35.5 Å². The molecule has 0 aliphatic rings. The predicted molar refractivity (Wildman–Crippen MR) is 92.2 cm³/mol. The number of aromatic nitrogens is 2. The lowest BCUT2D eigenvalue weighted by Crippen LogP contribution is -2.18. The number of carbonyl (C=O) groups is 2. The van der Waals surface area contributed by atoms with Gasteiger partial charge in [-0.3, -0.25) is 9.20 Å². The fraction of sp³-hybridized carbons (Fsp3) is 0.167. The number of nitrogens with one attached hydrogen (secondary N) is 1. The predicted octanol–water partition coefficient (Wildman–Crippen LogP) is 2.69. The lowest BCUT2D eigenvalue weighted by atomic mass is 10.1. The van der Waals surface area contributed by atoms with E-state index in [0.29, 0.717) is 28.5 Å². The minimum Gasteiger partial charge on any atom is -0.493 e. The Balaban J connectivity index is 2.02. The molecule has 2 heterocycles. The summed E-state index contributed by atoms with van der Waals surface area (Å²) in [7, 11) is 2.84. The quantitative estimate of drug-likeness (QED) is 0.739. The van der Waals surface area contributed by atoms with Crippen molar-refractivity contribution in [2.75, 3.05) is 19.5 Å². The number of nitrogens with zero attached hydrogens (tertiary/aromatic N) is 2. The average Bonchev–Trinajstić information content (AvgIpc) is 2.97. The van der Waals surface area contributed by atoms with Gasteiger partial charge in [-0.05, 0) is 31.2 Å². The number of para-hydroxylation sites is 1. The topological polar surface area (TPSA) is 81.9 Å². The highest BCUT2D eigenvalue weighted by atomic mass is 16.5. The zero-order valence-corrected chi connectivity index (χ0v) is 14.1. The molecular weight excluding hydrogens is 322 g/mol. The molecule has 2 aromatic heterocycles. The zero-order valence-electron chi connectivity index (χ0n) is 14.1.